The van der Waals surface area contributed by atoms with Crippen LogP contribution in [-0.2, 0) is 9.59 Å². The first-order chi connectivity index (χ1) is 12.2. The monoisotopic (exact) mass is 362 g/mol. The van der Waals surface area contributed by atoms with E-state index in [0.29, 0.717) is 25.7 Å². The van der Waals surface area contributed by atoms with Gasteiger partial charge in [0.1, 0.15) is 18.0 Å². The number of hydrogen-bond acceptors (Lipinski definition) is 5. The Hall–Kier alpha value is -1.04. The average Bonchev–Trinajstić information content (AvgIpc) is 2.86. The molecule has 3 fully saturated rings. The molecule has 0 aromatic carbocycles. The molecule has 3 N–H and O–H groups in total. The number of allylic oxidation sites excluding steroid dienone is 2. The highest BCUT2D eigenvalue weighted by molar-refractivity contribution is 5.89. The number of hydrogen-bond donors (Lipinski definition) is 3. The topological polar surface area (TPSA) is 94.8 Å². The SMILES string of the molecule is C[C@]12CCC(=O)CC1=CC[C@@H]1[C@@H]2C(O)C[C@@]2(C)[C@H]1CC[C@]2(O)C(=O)CO. The molecule has 0 radical (unpaired) electrons. The third-order valence-electron chi connectivity index (χ3n) is 8.63. The quantitative estimate of drug-likeness (QED) is 0.651. The van der Waals surface area contributed by atoms with Crippen LogP contribution in [0.4, 0.5) is 0 Å². The van der Waals surface area contributed by atoms with Gasteiger partial charge in [-0.05, 0) is 55.3 Å². The predicted octanol–water partition coefficient (Wildman–Crippen LogP) is 1.78. The summed E-state index contributed by atoms with van der Waals surface area (Å²) < 4.78 is 0. The molecule has 0 bridgehead atoms. The molecule has 4 aliphatic rings. The van der Waals surface area contributed by atoms with Crippen molar-refractivity contribution in [2.45, 2.75) is 70.5 Å². The summed E-state index contributed by atoms with van der Waals surface area (Å²) in [6.45, 7) is 3.45. The molecule has 26 heavy (non-hydrogen) atoms. The highest BCUT2D eigenvalue weighted by atomic mass is 16.3. The third-order valence-corrected chi connectivity index (χ3v) is 8.63. The number of Topliss-reactive ketones (excluding diaryl/α,β-unsaturated/α-hetero) is 2. The van der Waals surface area contributed by atoms with Gasteiger partial charge in [0.15, 0.2) is 5.78 Å². The van der Waals surface area contributed by atoms with E-state index in [2.05, 4.69) is 13.0 Å². The van der Waals surface area contributed by atoms with E-state index in [1.807, 2.05) is 6.92 Å². The van der Waals surface area contributed by atoms with E-state index >= 15 is 0 Å². The van der Waals surface area contributed by atoms with E-state index in [1.54, 1.807) is 0 Å². The first kappa shape index (κ1) is 18.3. The first-order valence-corrected chi connectivity index (χ1v) is 9.93. The van der Waals surface area contributed by atoms with E-state index in [1.165, 1.54) is 5.57 Å². The molecule has 5 heteroatoms. The Bertz CT molecular complexity index is 684. The molecule has 0 aliphatic heterocycles. The van der Waals surface area contributed by atoms with Crippen LogP contribution in [0.5, 0.6) is 0 Å². The molecule has 4 aliphatic carbocycles. The van der Waals surface area contributed by atoms with Gasteiger partial charge in [-0.25, -0.2) is 0 Å². The predicted molar refractivity (Wildman–Crippen MR) is 95.1 cm³/mol. The van der Waals surface area contributed by atoms with Gasteiger partial charge in [-0.15, -0.1) is 0 Å². The highest BCUT2D eigenvalue weighted by Crippen LogP contribution is 2.67. The summed E-state index contributed by atoms with van der Waals surface area (Å²) in [5, 5.41) is 31.7. The van der Waals surface area contributed by atoms with Gasteiger partial charge >= 0.3 is 0 Å². The number of aliphatic hydroxyl groups is 3. The summed E-state index contributed by atoms with van der Waals surface area (Å²) in [6.07, 6.45) is 5.70. The van der Waals surface area contributed by atoms with Crippen molar-refractivity contribution in [3.63, 3.8) is 0 Å². The molecular weight excluding hydrogens is 332 g/mol. The minimum absolute atomic E-state index is 0.0697. The van der Waals surface area contributed by atoms with Crippen LogP contribution in [0.25, 0.3) is 0 Å². The maximum absolute atomic E-state index is 12.4. The molecule has 0 heterocycles. The first-order valence-electron chi connectivity index (χ1n) is 9.93. The fraction of sp³-hybridized carbons (Fsp3) is 0.810. The molecule has 144 valence electrons. The zero-order valence-corrected chi connectivity index (χ0v) is 15.7. The van der Waals surface area contributed by atoms with Crippen LogP contribution in [0, 0.1) is 28.6 Å². The Balaban J connectivity index is 1.74. The van der Waals surface area contributed by atoms with Crippen molar-refractivity contribution in [3.05, 3.63) is 11.6 Å². The van der Waals surface area contributed by atoms with Gasteiger partial charge in [0.25, 0.3) is 0 Å². The molecular formula is C21H30O5. The standard InChI is InChI=1S/C21H30O5/c1-19-7-5-13(23)9-12(19)3-4-14-15-6-8-21(26,17(25)11-22)20(15,2)10-16(24)18(14)19/h3,14-16,18,22,24,26H,4-11H2,1-2H3/t14-,15-,16?,18+,19-,20-,21-/m0/s1. The molecule has 5 nitrogen and oxygen atoms in total. The van der Waals surface area contributed by atoms with Crippen molar-refractivity contribution in [3.8, 4) is 0 Å². The zero-order valence-electron chi connectivity index (χ0n) is 15.7. The van der Waals surface area contributed by atoms with Gasteiger partial charge < -0.3 is 15.3 Å². The van der Waals surface area contributed by atoms with Gasteiger partial charge in [-0.3, -0.25) is 9.59 Å². The van der Waals surface area contributed by atoms with Crippen molar-refractivity contribution < 1.29 is 24.9 Å². The Kier molecular flexibility index (Phi) is 4.04. The Morgan fingerprint density at radius 3 is 2.73 bits per heavy atom. The van der Waals surface area contributed by atoms with Crippen molar-refractivity contribution in [2.75, 3.05) is 6.61 Å². The molecule has 1 unspecified atom stereocenters. The number of ketones is 2. The van der Waals surface area contributed by atoms with Crippen LogP contribution < -0.4 is 0 Å². The third kappa shape index (κ3) is 2.14. The lowest BCUT2D eigenvalue weighted by Gasteiger charge is -2.59. The molecule has 0 aromatic rings. The minimum atomic E-state index is -1.55. The lowest BCUT2D eigenvalue weighted by Crippen LogP contribution is -2.61. The van der Waals surface area contributed by atoms with Crippen LogP contribution in [-0.4, -0.2) is 45.2 Å². The fourth-order valence-electron chi connectivity index (χ4n) is 7.20. The highest BCUT2D eigenvalue weighted by Gasteiger charge is 2.67. The molecule has 0 spiro atoms. The number of rotatable bonds is 2. The van der Waals surface area contributed by atoms with Crippen LogP contribution in [0.2, 0.25) is 0 Å². The summed E-state index contributed by atoms with van der Waals surface area (Å²) >= 11 is 0. The summed E-state index contributed by atoms with van der Waals surface area (Å²) in [7, 11) is 0. The van der Waals surface area contributed by atoms with E-state index in [9.17, 15) is 24.9 Å². The Morgan fingerprint density at radius 1 is 1.31 bits per heavy atom. The van der Waals surface area contributed by atoms with Gasteiger partial charge in [0.05, 0.1) is 6.10 Å². The van der Waals surface area contributed by atoms with E-state index in [0.717, 1.165) is 19.3 Å². The smallest absolute Gasteiger partial charge is 0.190 e. The Labute approximate surface area is 154 Å². The molecule has 0 saturated heterocycles. The molecule has 4 rings (SSSR count). The van der Waals surface area contributed by atoms with Crippen molar-refractivity contribution in [1.29, 1.82) is 0 Å². The fourth-order valence-corrected chi connectivity index (χ4v) is 7.20. The summed E-state index contributed by atoms with van der Waals surface area (Å²) in [6, 6.07) is 0. The lowest BCUT2D eigenvalue weighted by atomic mass is 9.46. The largest absolute Gasteiger partial charge is 0.393 e. The number of fused-ring (bicyclic) bond motifs is 5. The Morgan fingerprint density at radius 2 is 2.04 bits per heavy atom. The van der Waals surface area contributed by atoms with Gasteiger partial charge in [0, 0.05) is 18.3 Å². The van der Waals surface area contributed by atoms with Crippen LogP contribution in [0.3, 0.4) is 0 Å². The average molecular weight is 362 g/mol. The van der Waals surface area contributed by atoms with Crippen LogP contribution >= 0.6 is 0 Å². The second kappa shape index (κ2) is 5.73. The molecule has 3 saturated carbocycles. The second-order valence-corrected chi connectivity index (χ2v) is 9.56. The maximum Gasteiger partial charge on any atom is 0.190 e. The molecule has 7 atom stereocenters. The second-order valence-electron chi connectivity index (χ2n) is 9.56. The van der Waals surface area contributed by atoms with Gasteiger partial charge in [-0.2, -0.15) is 0 Å². The molecule has 0 amide bonds. The zero-order chi connectivity index (χ0) is 18.9. The minimum Gasteiger partial charge on any atom is -0.393 e. The van der Waals surface area contributed by atoms with Gasteiger partial charge in [-0.1, -0.05) is 25.5 Å². The van der Waals surface area contributed by atoms with E-state index in [-0.39, 0.29) is 29.0 Å². The lowest BCUT2D eigenvalue weighted by molar-refractivity contribution is -0.180. The normalized spacial score (nSPS) is 50.5. The van der Waals surface area contributed by atoms with E-state index in [4.69, 9.17) is 0 Å². The van der Waals surface area contributed by atoms with Crippen molar-refractivity contribution in [1.82, 2.24) is 0 Å². The number of aliphatic hydroxyl groups excluding tert-OH is 2. The molecule has 0 aromatic heterocycles. The van der Waals surface area contributed by atoms with Crippen LogP contribution in [0.15, 0.2) is 11.6 Å². The van der Waals surface area contributed by atoms with E-state index < -0.39 is 29.5 Å². The van der Waals surface area contributed by atoms with Crippen molar-refractivity contribution in [2.24, 2.45) is 28.6 Å². The van der Waals surface area contributed by atoms with Crippen LogP contribution in [0.1, 0.15) is 58.8 Å². The summed E-state index contributed by atoms with van der Waals surface area (Å²) in [5.41, 5.74) is -1.25. The summed E-state index contributed by atoms with van der Waals surface area (Å²) in [5.74, 6) is 0.177. The maximum atomic E-state index is 12.4. The van der Waals surface area contributed by atoms with Crippen molar-refractivity contribution >= 4 is 11.6 Å². The number of carbonyl (C=O) groups excluding carboxylic acids is 2. The number of carbonyl (C=O) groups is 2. The van der Waals surface area contributed by atoms with Gasteiger partial charge in [0.2, 0.25) is 0 Å². The summed E-state index contributed by atoms with van der Waals surface area (Å²) in [4.78, 5) is 24.3.